The first kappa shape index (κ1) is 12.7. The Morgan fingerprint density at radius 2 is 2.11 bits per heavy atom. The number of benzene rings is 1. The molecular formula is C16H19ClN2. The molecule has 3 heteroatoms. The second-order valence-corrected chi connectivity index (χ2v) is 5.93. The predicted octanol–water partition coefficient (Wildman–Crippen LogP) is 4.58. The average Bonchev–Trinajstić information content (AvgIpc) is 2.38. The van der Waals surface area contributed by atoms with Gasteiger partial charge in [0.15, 0.2) is 0 Å². The van der Waals surface area contributed by atoms with Crippen LogP contribution in [0.4, 0.5) is 5.82 Å². The summed E-state index contributed by atoms with van der Waals surface area (Å²) in [5.41, 5.74) is 2.27. The summed E-state index contributed by atoms with van der Waals surface area (Å²) in [6, 6.07) is 8.74. The molecule has 0 N–H and O–H groups in total. The second kappa shape index (κ2) is 5.01. The van der Waals surface area contributed by atoms with Gasteiger partial charge >= 0.3 is 0 Å². The van der Waals surface area contributed by atoms with Crippen LogP contribution in [0.1, 0.15) is 31.7 Å². The molecule has 1 atom stereocenters. The Morgan fingerprint density at radius 3 is 2.89 bits per heavy atom. The van der Waals surface area contributed by atoms with Gasteiger partial charge in [-0.1, -0.05) is 17.7 Å². The predicted molar refractivity (Wildman–Crippen MR) is 82.1 cm³/mol. The third kappa shape index (κ3) is 2.42. The molecule has 2 heterocycles. The minimum absolute atomic E-state index is 0.581. The van der Waals surface area contributed by atoms with E-state index in [0.717, 1.165) is 22.9 Å². The number of piperidine rings is 1. The number of anilines is 1. The lowest BCUT2D eigenvalue weighted by atomic mass is 10.0. The standard InChI is InChI=1S/C16H19ClN2/c1-11-9-16(19-8-4-3-5-12(19)2)18-15-10-13(17)6-7-14(11)15/h6-7,9-10,12H,3-5,8H2,1-2H3/t12-/m1/s1. The van der Waals surface area contributed by atoms with E-state index in [1.807, 2.05) is 12.1 Å². The average molecular weight is 275 g/mol. The summed E-state index contributed by atoms with van der Waals surface area (Å²) in [4.78, 5) is 7.24. The largest absolute Gasteiger partial charge is 0.354 e. The maximum Gasteiger partial charge on any atom is 0.129 e. The van der Waals surface area contributed by atoms with Crippen molar-refractivity contribution in [1.29, 1.82) is 0 Å². The SMILES string of the molecule is Cc1cc(N2CCCC[C@H]2C)nc2cc(Cl)ccc12. The Morgan fingerprint density at radius 1 is 1.26 bits per heavy atom. The van der Waals surface area contributed by atoms with E-state index in [4.69, 9.17) is 16.6 Å². The van der Waals surface area contributed by atoms with E-state index in [1.165, 1.54) is 30.2 Å². The van der Waals surface area contributed by atoms with Crippen molar-refractivity contribution in [2.75, 3.05) is 11.4 Å². The molecule has 0 spiro atoms. The molecule has 0 bridgehead atoms. The number of hydrogen-bond donors (Lipinski definition) is 0. The van der Waals surface area contributed by atoms with Crippen LogP contribution in [0.25, 0.3) is 10.9 Å². The van der Waals surface area contributed by atoms with E-state index < -0.39 is 0 Å². The molecule has 1 aromatic carbocycles. The maximum absolute atomic E-state index is 6.08. The molecule has 19 heavy (non-hydrogen) atoms. The molecule has 0 aliphatic carbocycles. The van der Waals surface area contributed by atoms with Crippen LogP contribution < -0.4 is 4.90 Å². The van der Waals surface area contributed by atoms with Crippen LogP contribution in [0.3, 0.4) is 0 Å². The Kier molecular flexibility index (Phi) is 3.36. The third-order valence-electron chi connectivity index (χ3n) is 4.06. The number of halogens is 1. The Balaban J connectivity index is 2.09. The molecule has 0 radical (unpaired) electrons. The molecule has 1 fully saturated rings. The van der Waals surface area contributed by atoms with Crippen molar-refractivity contribution < 1.29 is 0 Å². The van der Waals surface area contributed by atoms with Gasteiger partial charge in [-0.25, -0.2) is 4.98 Å². The zero-order valence-corrected chi connectivity index (χ0v) is 12.2. The molecular weight excluding hydrogens is 256 g/mol. The van der Waals surface area contributed by atoms with E-state index >= 15 is 0 Å². The highest BCUT2D eigenvalue weighted by atomic mass is 35.5. The van der Waals surface area contributed by atoms with Gasteiger partial charge in [-0.15, -0.1) is 0 Å². The molecule has 0 unspecified atom stereocenters. The number of rotatable bonds is 1. The molecule has 1 aliphatic heterocycles. The second-order valence-electron chi connectivity index (χ2n) is 5.50. The normalized spacial score (nSPS) is 19.9. The molecule has 100 valence electrons. The van der Waals surface area contributed by atoms with Gasteiger partial charge in [-0.3, -0.25) is 0 Å². The lowest BCUT2D eigenvalue weighted by Gasteiger charge is -2.34. The van der Waals surface area contributed by atoms with Gasteiger partial charge < -0.3 is 4.90 Å². The summed E-state index contributed by atoms with van der Waals surface area (Å²) in [6.45, 7) is 5.55. The topological polar surface area (TPSA) is 16.1 Å². The first-order valence-corrected chi connectivity index (χ1v) is 7.36. The third-order valence-corrected chi connectivity index (χ3v) is 4.30. The minimum Gasteiger partial charge on any atom is -0.354 e. The summed E-state index contributed by atoms with van der Waals surface area (Å²) in [5, 5.41) is 1.95. The van der Waals surface area contributed by atoms with Crippen LogP contribution in [0, 0.1) is 6.92 Å². The number of aryl methyl sites for hydroxylation is 1. The molecule has 3 rings (SSSR count). The summed E-state index contributed by atoms with van der Waals surface area (Å²) in [7, 11) is 0. The van der Waals surface area contributed by atoms with E-state index in [-0.39, 0.29) is 0 Å². The number of pyridine rings is 1. The van der Waals surface area contributed by atoms with Gasteiger partial charge in [0.25, 0.3) is 0 Å². The molecule has 2 nitrogen and oxygen atoms in total. The first-order valence-electron chi connectivity index (χ1n) is 6.99. The van der Waals surface area contributed by atoms with Crippen LogP contribution in [-0.4, -0.2) is 17.6 Å². The molecule has 1 aromatic heterocycles. The summed E-state index contributed by atoms with van der Waals surface area (Å²) < 4.78 is 0. The van der Waals surface area contributed by atoms with Crippen LogP contribution in [0.2, 0.25) is 5.02 Å². The first-order chi connectivity index (χ1) is 9.15. The zero-order valence-electron chi connectivity index (χ0n) is 11.5. The summed E-state index contributed by atoms with van der Waals surface area (Å²) in [6.07, 6.45) is 3.85. The van der Waals surface area contributed by atoms with Crippen LogP contribution in [0.15, 0.2) is 24.3 Å². The van der Waals surface area contributed by atoms with Crippen LogP contribution >= 0.6 is 11.6 Å². The summed E-state index contributed by atoms with van der Waals surface area (Å²) in [5.74, 6) is 1.10. The van der Waals surface area contributed by atoms with Crippen molar-refractivity contribution in [2.45, 2.75) is 39.2 Å². The molecule has 1 saturated heterocycles. The Labute approximate surface area is 119 Å². The number of fused-ring (bicyclic) bond motifs is 1. The van der Waals surface area contributed by atoms with Crippen molar-refractivity contribution in [2.24, 2.45) is 0 Å². The van der Waals surface area contributed by atoms with Crippen LogP contribution in [-0.2, 0) is 0 Å². The maximum atomic E-state index is 6.08. The fraction of sp³-hybridized carbons (Fsp3) is 0.438. The highest BCUT2D eigenvalue weighted by Gasteiger charge is 2.20. The van der Waals surface area contributed by atoms with E-state index in [1.54, 1.807) is 0 Å². The Hall–Kier alpha value is -1.28. The fourth-order valence-corrected chi connectivity index (χ4v) is 3.11. The van der Waals surface area contributed by atoms with Crippen molar-refractivity contribution >= 4 is 28.3 Å². The van der Waals surface area contributed by atoms with E-state index in [0.29, 0.717) is 6.04 Å². The highest BCUT2D eigenvalue weighted by Crippen LogP contribution is 2.28. The fourth-order valence-electron chi connectivity index (χ4n) is 2.94. The van der Waals surface area contributed by atoms with E-state index in [9.17, 15) is 0 Å². The van der Waals surface area contributed by atoms with Crippen molar-refractivity contribution in [3.63, 3.8) is 0 Å². The van der Waals surface area contributed by atoms with Gasteiger partial charge in [0.1, 0.15) is 5.82 Å². The van der Waals surface area contributed by atoms with Gasteiger partial charge in [-0.05, 0) is 56.9 Å². The molecule has 0 saturated carbocycles. The van der Waals surface area contributed by atoms with Crippen molar-refractivity contribution in [3.8, 4) is 0 Å². The van der Waals surface area contributed by atoms with E-state index in [2.05, 4.69) is 30.9 Å². The van der Waals surface area contributed by atoms with Crippen molar-refractivity contribution in [3.05, 3.63) is 34.9 Å². The molecule has 0 amide bonds. The number of nitrogens with zero attached hydrogens (tertiary/aromatic N) is 2. The molecule has 1 aliphatic rings. The van der Waals surface area contributed by atoms with Gasteiger partial charge in [0.2, 0.25) is 0 Å². The lowest BCUT2D eigenvalue weighted by molar-refractivity contribution is 0.481. The zero-order chi connectivity index (χ0) is 13.4. The van der Waals surface area contributed by atoms with Gasteiger partial charge in [-0.2, -0.15) is 0 Å². The monoisotopic (exact) mass is 274 g/mol. The minimum atomic E-state index is 0.581. The number of aromatic nitrogens is 1. The smallest absolute Gasteiger partial charge is 0.129 e. The highest BCUT2D eigenvalue weighted by molar-refractivity contribution is 6.31. The molecule has 2 aromatic rings. The summed E-state index contributed by atoms with van der Waals surface area (Å²) >= 11 is 6.08. The number of hydrogen-bond acceptors (Lipinski definition) is 2. The Bertz CT molecular complexity index is 609. The van der Waals surface area contributed by atoms with Crippen molar-refractivity contribution in [1.82, 2.24) is 4.98 Å². The lowest BCUT2D eigenvalue weighted by Crippen LogP contribution is -2.38. The quantitative estimate of drug-likeness (QED) is 0.757. The van der Waals surface area contributed by atoms with Crippen LogP contribution in [0.5, 0.6) is 0 Å². The van der Waals surface area contributed by atoms with Gasteiger partial charge in [0.05, 0.1) is 5.52 Å². The van der Waals surface area contributed by atoms with Gasteiger partial charge in [0, 0.05) is 23.0 Å².